The predicted molar refractivity (Wildman–Crippen MR) is 99.1 cm³/mol. The summed E-state index contributed by atoms with van der Waals surface area (Å²) < 4.78 is 11.1. The molecule has 0 aliphatic heterocycles. The zero-order chi connectivity index (χ0) is 19.3. The van der Waals surface area contributed by atoms with Gasteiger partial charge in [0.05, 0.1) is 19.3 Å². The average Bonchev–Trinajstić information content (AvgIpc) is 2.87. The fourth-order valence-electron chi connectivity index (χ4n) is 2.20. The summed E-state index contributed by atoms with van der Waals surface area (Å²) >= 11 is 12.3. The lowest BCUT2D eigenvalue weighted by molar-refractivity contribution is -0.161. The number of carbonyl (C=O) groups excluding carboxylic acids is 2. The van der Waals surface area contributed by atoms with Crippen LogP contribution in [0.25, 0.3) is 6.08 Å². The molecule has 0 saturated heterocycles. The van der Waals surface area contributed by atoms with Crippen LogP contribution in [-0.4, -0.2) is 34.9 Å². The van der Waals surface area contributed by atoms with Crippen molar-refractivity contribution >= 4 is 41.2 Å². The highest BCUT2D eigenvalue weighted by atomic mass is 35.5. The lowest BCUT2D eigenvalue weighted by Gasteiger charge is -2.08. The second-order valence-electron chi connectivity index (χ2n) is 5.51. The van der Waals surface area contributed by atoms with Gasteiger partial charge in [0, 0.05) is 16.7 Å². The van der Waals surface area contributed by atoms with Gasteiger partial charge < -0.3 is 9.47 Å². The van der Waals surface area contributed by atoms with E-state index in [9.17, 15) is 9.59 Å². The van der Waals surface area contributed by atoms with Gasteiger partial charge in [-0.3, -0.25) is 0 Å². The first-order valence-electron chi connectivity index (χ1n) is 7.75. The van der Waals surface area contributed by atoms with Crippen molar-refractivity contribution in [2.45, 2.75) is 26.5 Å². The Balaban J connectivity index is 2.10. The summed E-state index contributed by atoms with van der Waals surface area (Å²) in [4.78, 5) is 23.1. The molecule has 1 aromatic heterocycles. The van der Waals surface area contributed by atoms with Crippen LogP contribution in [0.5, 0.6) is 0 Å². The summed E-state index contributed by atoms with van der Waals surface area (Å²) in [7, 11) is 1.22. The number of ether oxygens (including phenoxy) is 2. The molecule has 1 atom stereocenters. The van der Waals surface area contributed by atoms with Gasteiger partial charge in [0.25, 0.3) is 0 Å². The van der Waals surface area contributed by atoms with Crippen molar-refractivity contribution in [1.29, 1.82) is 0 Å². The van der Waals surface area contributed by atoms with Crippen LogP contribution in [0.4, 0.5) is 0 Å². The topological polar surface area (TPSA) is 70.4 Å². The summed E-state index contributed by atoms with van der Waals surface area (Å²) in [5.41, 5.74) is 2.25. The largest absolute Gasteiger partial charge is 0.466 e. The van der Waals surface area contributed by atoms with E-state index in [4.69, 9.17) is 27.9 Å². The van der Waals surface area contributed by atoms with Crippen LogP contribution in [0, 0.1) is 6.92 Å². The van der Waals surface area contributed by atoms with Crippen molar-refractivity contribution in [2.75, 3.05) is 7.11 Å². The highest BCUT2D eigenvalue weighted by Gasteiger charge is 2.17. The zero-order valence-electron chi connectivity index (χ0n) is 14.5. The number of aromatic nitrogens is 2. The van der Waals surface area contributed by atoms with Crippen LogP contribution in [0.2, 0.25) is 10.2 Å². The van der Waals surface area contributed by atoms with Gasteiger partial charge in [0.2, 0.25) is 0 Å². The zero-order valence-corrected chi connectivity index (χ0v) is 16.0. The number of rotatable bonds is 6. The summed E-state index contributed by atoms with van der Waals surface area (Å²) in [6.45, 7) is 3.68. The Morgan fingerprint density at radius 1 is 1.27 bits per heavy atom. The van der Waals surface area contributed by atoms with Crippen LogP contribution >= 0.6 is 23.2 Å². The predicted octanol–water partition coefficient (Wildman–Crippen LogP) is 3.66. The standard InChI is InChI=1S/C18H18Cl2N2O4/c1-11-15(8-9-16(23)26-12(2)18(24)25-3)17(20)22(21-11)10-13-4-6-14(19)7-5-13/h4-9,12H,10H2,1-3H3/b9-8+. The van der Waals surface area contributed by atoms with Crippen LogP contribution in [0.15, 0.2) is 30.3 Å². The smallest absolute Gasteiger partial charge is 0.346 e. The van der Waals surface area contributed by atoms with Crippen molar-refractivity contribution in [3.8, 4) is 0 Å². The first kappa shape index (κ1) is 20.0. The molecule has 1 heterocycles. The first-order chi connectivity index (χ1) is 12.3. The summed E-state index contributed by atoms with van der Waals surface area (Å²) in [6.07, 6.45) is 1.72. The van der Waals surface area contributed by atoms with E-state index in [1.165, 1.54) is 26.2 Å². The van der Waals surface area contributed by atoms with Gasteiger partial charge in [-0.2, -0.15) is 5.10 Å². The van der Waals surface area contributed by atoms with E-state index in [1.54, 1.807) is 23.7 Å². The molecule has 0 saturated carbocycles. The molecule has 0 radical (unpaired) electrons. The fraction of sp³-hybridized carbons (Fsp3) is 0.278. The van der Waals surface area contributed by atoms with Crippen molar-refractivity contribution in [3.63, 3.8) is 0 Å². The number of hydrogen-bond acceptors (Lipinski definition) is 5. The Morgan fingerprint density at radius 2 is 1.92 bits per heavy atom. The van der Waals surface area contributed by atoms with E-state index >= 15 is 0 Å². The van der Waals surface area contributed by atoms with Crippen molar-refractivity contribution < 1.29 is 19.1 Å². The third-order valence-electron chi connectivity index (χ3n) is 3.57. The number of nitrogens with zero attached hydrogens (tertiary/aromatic N) is 2. The molecule has 0 amide bonds. The van der Waals surface area contributed by atoms with Crippen LogP contribution < -0.4 is 0 Å². The number of carbonyl (C=O) groups is 2. The van der Waals surface area contributed by atoms with Crippen molar-refractivity contribution in [1.82, 2.24) is 9.78 Å². The van der Waals surface area contributed by atoms with Gasteiger partial charge in [0.15, 0.2) is 6.10 Å². The molecule has 8 heteroatoms. The Kier molecular flexibility index (Phi) is 6.83. The molecule has 2 aromatic rings. The van der Waals surface area contributed by atoms with E-state index in [1.807, 2.05) is 12.1 Å². The van der Waals surface area contributed by atoms with Gasteiger partial charge in [-0.15, -0.1) is 0 Å². The molecular weight excluding hydrogens is 379 g/mol. The van der Waals surface area contributed by atoms with Crippen LogP contribution in [-0.2, 0) is 25.6 Å². The second kappa shape index (κ2) is 8.87. The average molecular weight is 397 g/mol. The summed E-state index contributed by atoms with van der Waals surface area (Å²) in [5.74, 6) is -1.31. The molecule has 0 fully saturated rings. The normalized spacial score (nSPS) is 12.2. The number of hydrogen-bond donors (Lipinski definition) is 0. The maximum atomic E-state index is 11.8. The Morgan fingerprint density at radius 3 is 2.54 bits per heavy atom. The fourth-order valence-corrected chi connectivity index (χ4v) is 2.63. The van der Waals surface area contributed by atoms with E-state index < -0.39 is 18.0 Å². The lowest BCUT2D eigenvalue weighted by Crippen LogP contribution is -2.24. The molecular formula is C18H18Cl2N2O4. The van der Waals surface area contributed by atoms with E-state index in [2.05, 4.69) is 9.84 Å². The highest BCUT2D eigenvalue weighted by Crippen LogP contribution is 2.23. The first-order valence-corrected chi connectivity index (χ1v) is 8.51. The molecule has 1 aromatic carbocycles. The minimum atomic E-state index is -0.985. The number of aryl methyl sites for hydroxylation is 1. The van der Waals surface area contributed by atoms with Crippen molar-refractivity contribution in [2.24, 2.45) is 0 Å². The minimum Gasteiger partial charge on any atom is -0.466 e. The summed E-state index contributed by atoms with van der Waals surface area (Å²) in [5, 5.41) is 5.43. The molecule has 1 unspecified atom stereocenters. The van der Waals surface area contributed by atoms with Crippen LogP contribution in [0.1, 0.15) is 23.7 Å². The molecule has 0 bridgehead atoms. The Hall–Kier alpha value is -2.31. The Bertz CT molecular complexity index is 828. The molecule has 2 rings (SSSR count). The molecule has 26 heavy (non-hydrogen) atoms. The third kappa shape index (κ3) is 5.09. The number of benzene rings is 1. The number of esters is 2. The van der Waals surface area contributed by atoms with Gasteiger partial charge in [-0.05, 0) is 37.6 Å². The van der Waals surface area contributed by atoms with Crippen LogP contribution in [0.3, 0.4) is 0 Å². The van der Waals surface area contributed by atoms with E-state index in [0.29, 0.717) is 28.0 Å². The summed E-state index contributed by atoms with van der Waals surface area (Å²) in [6, 6.07) is 7.36. The maximum Gasteiger partial charge on any atom is 0.346 e. The van der Waals surface area contributed by atoms with E-state index in [-0.39, 0.29) is 0 Å². The number of methoxy groups -OCH3 is 1. The monoisotopic (exact) mass is 396 g/mol. The molecule has 0 N–H and O–H groups in total. The molecule has 0 aliphatic carbocycles. The molecule has 0 aliphatic rings. The van der Waals surface area contributed by atoms with Gasteiger partial charge >= 0.3 is 11.9 Å². The second-order valence-corrected chi connectivity index (χ2v) is 6.30. The number of halogens is 2. The Labute approximate surface area is 161 Å². The maximum absolute atomic E-state index is 11.8. The quantitative estimate of drug-likeness (QED) is 0.550. The molecule has 0 spiro atoms. The molecule has 6 nitrogen and oxygen atoms in total. The van der Waals surface area contributed by atoms with Gasteiger partial charge in [-0.25, -0.2) is 14.3 Å². The SMILES string of the molecule is COC(=O)C(C)OC(=O)/C=C/c1c(C)nn(Cc2ccc(Cl)cc2)c1Cl. The highest BCUT2D eigenvalue weighted by molar-refractivity contribution is 6.31. The third-order valence-corrected chi connectivity index (χ3v) is 4.22. The lowest BCUT2D eigenvalue weighted by atomic mass is 10.2. The minimum absolute atomic E-state index is 0.391. The van der Waals surface area contributed by atoms with Gasteiger partial charge in [0.1, 0.15) is 5.15 Å². The van der Waals surface area contributed by atoms with Gasteiger partial charge in [-0.1, -0.05) is 35.3 Å². The molecule has 138 valence electrons. The van der Waals surface area contributed by atoms with E-state index in [0.717, 1.165) is 5.56 Å². The van der Waals surface area contributed by atoms with Crippen molar-refractivity contribution in [3.05, 3.63) is 57.3 Å².